The molecule has 5 heteroatoms. The highest BCUT2D eigenvalue weighted by molar-refractivity contribution is 6.04. The zero-order valence-electron chi connectivity index (χ0n) is 13.5. The summed E-state index contributed by atoms with van der Waals surface area (Å²) in [5, 5.41) is 2.64. The van der Waals surface area contributed by atoms with E-state index in [2.05, 4.69) is 5.32 Å². The Bertz CT molecular complexity index is 740. The van der Waals surface area contributed by atoms with Gasteiger partial charge in [-0.25, -0.2) is 0 Å². The monoisotopic (exact) mass is 312 g/mol. The van der Waals surface area contributed by atoms with Crippen molar-refractivity contribution in [3.05, 3.63) is 64.3 Å². The molecule has 0 saturated heterocycles. The number of rotatable bonds is 5. The first-order valence-electron chi connectivity index (χ1n) is 7.37. The van der Waals surface area contributed by atoms with Gasteiger partial charge >= 0.3 is 0 Å². The number of anilines is 2. The number of hydrogen-bond acceptors (Lipinski definition) is 4. The third-order valence-electron chi connectivity index (χ3n) is 3.28. The van der Waals surface area contributed by atoms with Gasteiger partial charge in [0.25, 0.3) is 5.91 Å². The lowest BCUT2D eigenvalue weighted by Gasteiger charge is -2.12. The van der Waals surface area contributed by atoms with Crippen molar-refractivity contribution in [2.45, 2.75) is 6.92 Å². The van der Waals surface area contributed by atoms with Gasteiger partial charge in [-0.05, 0) is 55.5 Å². The SMILES string of the molecule is CCOc1ccc(NC(=O)c2ccc(N(C)C)cc2)c(=O)cc1. The van der Waals surface area contributed by atoms with Gasteiger partial charge in [-0.2, -0.15) is 0 Å². The van der Waals surface area contributed by atoms with E-state index >= 15 is 0 Å². The van der Waals surface area contributed by atoms with E-state index in [0.29, 0.717) is 17.9 Å². The minimum Gasteiger partial charge on any atom is -0.494 e. The van der Waals surface area contributed by atoms with Crippen LogP contribution in [0, 0.1) is 0 Å². The van der Waals surface area contributed by atoms with Gasteiger partial charge in [-0.15, -0.1) is 0 Å². The van der Waals surface area contributed by atoms with Crippen LogP contribution in [-0.2, 0) is 0 Å². The van der Waals surface area contributed by atoms with Crippen molar-refractivity contribution in [3.8, 4) is 5.75 Å². The summed E-state index contributed by atoms with van der Waals surface area (Å²) >= 11 is 0. The van der Waals surface area contributed by atoms with Crippen molar-refractivity contribution in [2.24, 2.45) is 0 Å². The van der Waals surface area contributed by atoms with Crippen molar-refractivity contribution in [2.75, 3.05) is 30.9 Å². The van der Waals surface area contributed by atoms with Crippen LogP contribution in [0.5, 0.6) is 5.75 Å². The van der Waals surface area contributed by atoms with E-state index in [-0.39, 0.29) is 17.0 Å². The molecule has 2 aromatic carbocycles. The summed E-state index contributed by atoms with van der Waals surface area (Å²) in [6.07, 6.45) is 0. The topological polar surface area (TPSA) is 58.6 Å². The fourth-order valence-electron chi connectivity index (χ4n) is 2.02. The number of carbonyl (C=O) groups is 1. The smallest absolute Gasteiger partial charge is 0.255 e. The summed E-state index contributed by atoms with van der Waals surface area (Å²) < 4.78 is 5.34. The minimum absolute atomic E-state index is 0.220. The number of ether oxygens (including phenoxy) is 1. The number of carbonyl (C=O) groups excluding carboxylic acids is 1. The third-order valence-corrected chi connectivity index (χ3v) is 3.28. The standard InChI is InChI=1S/C18H20N2O3/c1-4-23-15-9-11-16(17(21)12-10-15)19-18(22)13-5-7-14(8-6-13)20(2)3/h5-12H,4H2,1-3H3,(H,19,21,22). The van der Waals surface area contributed by atoms with Crippen LogP contribution in [-0.4, -0.2) is 26.6 Å². The van der Waals surface area contributed by atoms with Gasteiger partial charge < -0.3 is 15.0 Å². The van der Waals surface area contributed by atoms with Crippen LogP contribution in [0.1, 0.15) is 17.3 Å². The molecule has 0 atom stereocenters. The Morgan fingerprint density at radius 3 is 2.30 bits per heavy atom. The minimum atomic E-state index is -0.323. The van der Waals surface area contributed by atoms with E-state index in [1.807, 2.05) is 38.1 Å². The third kappa shape index (κ3) is 4.32. The Morgan fingerprint density at radius 2 is 1.70 bits per heavy atom. The molecule has 0 fully saturated rings. The van der Waals surface area contributed by atoms with Crippen molar-refractivity contribution in [1.29, 1.82) is 0 Å². The van der Waals surface area contributed by atoms with E-state index < -0.39 is 0 Å². The van der Waals surface area contributed by atoms with Gasteiger partial charge in [0, 0.05) is 25.3 Å². The van der Waals surface area contributed by atoms with Crippen molar-refractivity contribution in [3.63, 3.8) is 0 Å². The predicted octanol–water partition coefficient (Wildman–Crippen LogP) is 2.76. The number of nitrogens with zero attached hydrogens (tertiary/aromatic N) is 1. The summed E-state index contributed by atoms with van der Waals surface area (Å²) in [6.45, 7) is 2.38. The largest absolute Gasteiger partial charge is 0.494 e. The van der Waals surface area contributed by atoms with Crippen molar-refractivity contribution >= 4 is 17.3 Å². The van der Waals surface area contributed by atoms with Crippen LogP contribution in [0.25, 0.3) is 0 Å². The number of hydrogen-bond donors (Lipinski definition) is 1. The molecule has 0 aromatic heterocycles. The van der Waals surface area contributed by atoms with Crippen LogP contribution in [0.2, 0.25) is 0 Å². The van der Waals surface area contributed by atoms with Crippen molar-refractivity contribution in [1.82, 2.24) is 0 Å². The Morgan fingerprint density at radius 1 is 1.04 bits per heavy atom. The second kappa shape index (κ2) is 7.45. The summed E-state index contributed by atoms with van der Waals surface area (Å²) in [5.41, 5.74) is 1.44. The van der Waals surface area contributed by atoms with Crippen LogP contribution < -0.4 is 20.4 Å². The van der Waals surface area contributed by atoms with Gasteiger partial charge in [0.1, 0.15) is 5.75 Å². The molecule has 2 aromatic rings. The fraction of sp³-hybridized carbons (Fsp3) is 0.222. The average Bonchev–Trinajstić information content (AvgIpc) is 2.71. The lowest BCUT2D eigenvalue weighted by Crippen LogP contribution is -2.17. The maximum atomic E-state index is 12.3. The molecule has 0 aliphatic carbocycles. The second-order valence-corrected chi connectivity index (χ2v) is 5.18. The van der Waals surface area contributed by atoms with Crippen LogP contribution >= 0.6 is 0 Å². The predicted molar refractivity (Wildman–Crippen MR) is 92.6 cm³/mol. The van der Waals surface area contributed by atoms with Crippen molar-refractivity contribution < 1.29 is 9.53 Å². The molecule has 0 aliphatic heterocycles. The quantitative estimate of drug-likeness (QED) is 0.922. The van der Waals surface area contributed by atoms with E-state index in [4.69, 9.17) is 4.74 Å². The molecule has 0 bridgehead atoms. The lowest BCUT2D eigenvalue weighted by atomic mass is 10.2. The highest BCUT2D eigenvalue weighted by Gasteiger charge is 2.08. The first-order chi connectivity index (χ1) is 11.0. The molecule has 5 nitrogen and oxygen atoms in total. The molecule has 0 radical (unpaired) electrons. The van der Waals surface area contributed by atoms with Gasteiger partial charge in [0.2, 0.25) is 5.43 Å². The van der Waals surface area contributed by atoms with Gasteiger partial charge in [-0.1, -0.05) is 0 Å². The van der Waals surface area contributed by atoms with Crippen LogP contribution in [0.3, 0.4) is 0 Å². The maximum absolute atomic E-state index is 12.3. The van der Waals surface area contributed by atoms with Crippen LogP contribution in [0.15, 0.2) is 53.3 Å². The summed E-state index contributed by atoms with van der Waals surface area (Å²) in [5.74, 6) is 0.261. The number of nitrogens with one attached hydrogen (secondary N) is 1. The second-order valence-electron chi connectivity index (χ2n) is 5.18. The molecule has 2 rings (SSSR count). The Hall–Kier alpha value is -2.82. The molecule has 0 heterocycles. The molecule has 1 amide bonds. The molecule has 0 spiro atoms. The molecule has 23 heavy (non-hydrogen) atoms. The first-order valence-corrected chi connectivity index (χ1v) is 7.37. The molecular weight excluding hydrogens is 292 g/mol. The summed E-state index contributed by atoms with van der Waals surface area (Å²) in [7, 11) is 3.86. The molecule has 0 saturated carbocycles. The highest BCUT2D eigenvalue weighted by atomic mass is 16.5. The average molecular weight is 312 g/mol. The van der Waals surface area contributed by atoms with Crippen LogP contribution in [0.4, 0.5) is 11.4 Å². The van der Waals surface area contributed by atoms with E-state index in [0.717, 1.165) is 5.69 Å². The highest BCUT2D eigenvalue weighted by Crippen LogP contribution is 2.14. The zero-order chi connectivity index (χ0) is 16.8. The van der Waals surface area contributed by atoms with Gasteiger partial charge in [-0.3, -0.25) is 9.59 Å². The van der Waals surface area contributed by atoms with E-state index in [9.17, 15) is 9.59 Å². The molecule has 120 valence electrons. The number of amides is 1. The first kappa shape index (κ1) is 16.5. The van der Waals surface area contributed by atoms with Gasteiger partial charge in [0.15, 0.2) is 0 Å². The maximum Gasteiger partial charge on any atom is 0.255 e. The Balaban J connectivity index is 2.19. The summed E-state index contributed by atoms with van der Waals surface area (Å²) in [6, 6.07) is 13.3. The van der Waals surface area contributed by atoms with E-state index in [1.54, 1.807) is 30.3 Å². The normalized spacial score (nSPS) is 10.0. The Kier molecular flexibility index (Phi) is 5.36. The fourth-order valence-corrected chi connectivity index (χ4v) is 2.02. The number of benzene rings is 1. The molecule has 1 N–H and O–H groups in total. The summed E-state index contributed by atoms with van der Waals surface area (Å²) in [4.78, 5) is 26.2. The molecule has 0 unspecified atom stereocenters. The lowest BCUT2D eigenvalue weighted by molar-refractivity contribution is 0.102. The zero-order valence-corrected chi connectivity index (χ0v) is 13.5. The Labute approximate surface area is 135 Å². The molecular formula is C18H20N2O3. The van der Waals surface area contributed by atoms with E-state index in [1.165, 1.54) is 6.07 Å². The molecule has 0 aliphatic rings. The van der Waals surface area contributed by atoms with Gasteiger partial charge in [0.05, 0.1) is 12.3 Å².